The van der Waals surface area contributed by atoms with Gasteiger partial charge in [0.2, 0.25) is 0 Å². The van der Waals surface area contributed by atoms with Crippen LogP contribution in [0.2, 0.25) is 0 Å². The third kappa shape index (κ3) is 2.39. The van der Waals surface area contributed by atoms with E-state index in [2.05, 4.69) is 4.98 Å². The number of hydrogen-bond acceptors (Lipinski definition) is 5. The van der Waals surface area contributed by atoms with E-state index >= 15 is 0 Å². The second-order valence-corrected chi connectivity index (χ2v) is 7.75. The fourth-order valence-electron chi connectivity index (χ4n) is 1.07. The lowest BCUT2D eigenvalue weighted by molar-refractivity contribution is 0.611. The molecule has 0 spiro atoms. The molecule has 0 aliphatic heterocycles. The predicted octanol–water partition coefficient (Wildman–Crippen LogP) is 3.11. The Morgan fingerprint density at radius 3 is 2.60 bits per heavy atom. The van der Waals surface area contributed by atoms with Gasteiger partial charge in [-0.15, -0.1) is 22.7 Å². The van der Waals surface area contributed by atoms with Gasteiger partial charge < -0.3 is 0 Å². The summed E-state index contributed by atoms with van der Waals surface area (Å²) >= 11 is 2.66. The Labute approximate surface area is 99.8 Å². The van der Waals surface area contributed by atoms with Crippen LogP contribution in [0.25, 0.3) is 10.6 Å². The molecule has 0 unspecified atom stereocenters. The van der Waals surface area contributed by atoms with Crippen molar-refractivity contribution in [3.63, 3.8) is 0 Å². The number of thiophene rings is 1. The van der Waals surface area contributed by atoms with Crippen LogP contribution >= 0.6 is 33.4 Å². The molecule has 7 heteroatoms. The number of hydrogen-bond donors (Lipinski definition) is 0. The summed E-state index contributed by atoms with van der Waals surface area (Å²) in [5.41, 5.74) is 0.800. The molecule has 0 bridgehead atoms. The van der Waals surface area contributed by atoms with Gasteiger partial charge in [0.05, 0.1) is 15.6 Å². The Hall–Kier alpha value is -0.430. The molecule has 2 aromatic heterocycles. The molecule has 0 N–H and O–H groups in total. The Kier molecular flexibility index (Phi) is 2.85. The molecule has 0 aromatic carbocycles. The van der Waals surface area contributed by atoms with E-state index in [0.717, 1.165) is 26.9 Å². The minimum Gasteiger partial charge on any atom is -0.241 e. The lowest BCUT2D eigenvalue weighted by Gasteiger charge is -1.88. The average Bonchev–Trinajstić information content (AvgIpc) is 2.69. The first-order chi connectivity index (χ1) is 6.97. The molecular formula is C8H6ClNO2S3. The molecule has 0 atom stereocenters. The molecule has 2 heterocycles. The summed E-state index contributed by atoms with van der Waals surface area (Å²) in [5, 5.41) is 2.85. The molecule has 2 aromatic rings. The highest BCUT2D eigenvalue weighted by molar-refractivity contribution is 8.15. The summed E-state index contributed by atoms with van der Waals surface area (Å²) in [6.45, 7) is 1.90. The Balaban J connectivity index is 2.44. The zero-order valence-electron chi connectivity index (χ0n) is 7.60. The number of halogens is 1. The fourth-order valence-corrected chi connectivity index (χ4v) is 3.79. The topological polar surface area (TPSA) is 47.0 Å². The lowest BCUT2D eigenvalue weighted by Crippen LogP contribution is -1.83. The van der Waals surface area contributed by atoms with Crippen LogP contribution in [0.4, 0.5) is 0 Å². The number of aryl methyl sites for hydroxylation is 1. The summed E-state index contributed by atoms with van der Waals surface area (Å²) in [4.78, 5) is 5.09. The molecule has 15 heavy (non-hydrogen) atoms. The lowest BCUT2D eigenvalue weighted by atomic mass is 10.4. The quantitative estimate of drug-likeness (QED) is 0.794. The number of aromatic nitrogens is 1. The van der Waals surface area contributed by atoms with Gasteiger partial charge in [0.25, 0.3) is 9.05 Å². The van der Waals surface area contributed by atoms with Crippen LogP contribution < -0.4 is 0 Å². The number of thiazole rings is 1. The van der Waals surface area contributed by atoms with E-state index in [4.69, 9.17) is 10.7 Å². The highest BCUT2D eigenvalue weighted by Gasteiger charge is 2.14. The van der Waals surface area contributed by atoms with E-state index in [9.17, 15) is 8.42 Å². The van der Waals surface area contributed by atoms with Gasteiger partial charge in [-0.1, -0.05) is 0 Å². The van der Waals surface area contributed by atoms with E-state index in [-0.39, 0.29) is 4.21 Å². The van der Waals surface area contributed by atoms with Crippen molar-refractivity contribution in [3.8, 4) is 10.6 Å². The van der Waals surface area contributed by atoms with E-state index in [0.29, 0.717) is 0 Å². The molecule has 0 aliphatic rings. The third-order valence-corrected chi connectivity index (χ3v) is 5.67. The van der Waals surface area contributed by atoms with E-state index in [1.54, 1.807) is 6.07 Å². The Morgan fingerprint density at radius 2 is 2.13 bits per heavy atom. The molecular weight excluding hydrogens is 274 g/mol. The van der Waals surface area contributed by atoms with Gasteiger partial charge in [-0.3, -0.25) is 0 Å². The maximum absolute atomic E-state index is 11.0. The molecule has 0 aliphatic carbocycles. The van der Waals surface area contributed by atoms with Crippen LogP contribution in [0.15, 0.2) is 21.7 Å². The zero-order valence-corrected chi connectivity index (χ0v) is 10.8. The zero-order chi connectivity index (χ0) is 11.1. The number of nitrogens with zero attached hydrogens (tertiary/aromatic N) is 1. The number of rotatable bonds is 2. The van der Waals surface area contributed by atoms with Gasteiger partial charge in [0.15, 0.2) is 0 Å². The third-order valence-electron chi connectivity index (χ3n) is 1.69. The van der Waals surface area contributed by atoms with Gasteiger partial charge in [-0.2, -0.15) is 0 Å². The normalized spacial score (nSPS) is 11.9. The molecule has 0 saturated heterocycles. The Bertz CT molecular complexity index is 585. The van der Waals surface area contributed by atoms with Crippen LogP contribution in [0.3, 0.4) is 0 Å². The SMILES string of the molecule is Cc1nc(-c2ccc(S(=O)(=O)Cl)s2)cs1. The Morgan fingerprint density at radius 1 is 1.40 bits per heavy atom. The van der Waals surface area contributed by atoms with Gasteiger partial charge in [-0.05, 0) is 19.1 Å². The highest BCUT2D eigenvalue weighted by atomic mass is 35.7. The maximum atomic E-state index is 11.0. The first-order valence-corrected chi connectivity index (χ1v) is 7.94. The molecule has 2 rings (SSSR count). The fraction of sp³-hybridized carbons (Fsp3) is 0.125. The van der Waals surface area contributed by atoms with Gasteiger partial charge in [0.1, 0.15) is 4.21 Å². The van der Waals surface area contributed by atoms with Crippen molar-refractivity contribution in [2.24, 2.45) is 0 Å². The minimum absolute atomic E-state index is 0.157. The van der Waals surface area contributed by atoms with Crippen LogP contribution in [0, 0.1) is 6.92 Å². The van der Waals surface area contributed by atoms with Gasteiger partial charge in [-0.25, -0.2) is 13.4 Å². The second-order valence-electron chi connectivity index (χ2n) is 2.81. The standard InChI is InChI=1S/C8H6ClNO2S3/c1-5-10-6(4-13-5)7-2-3-8(14-7)15(9,11)12/h2-4H,1H3. The minimum atomic E-state index is -3.62. The van der Waals surface area contributed by atoms with Crippen molar-refractivity contribution in [2.45, 2.75) is 11.1 Å². The van der Waals surface area contributed by atoms with E-state index in [1.165, 1.54) is 17.4 Å². The van der Waals surface area contributed by atoms with Crippen molar-refractivity contribution < 1.29 is 8.42 Å². The van der Waals surface area contributed by atoms with Crippen molar-refractivity contribution >= 4 is 42.4 Å². The summed E-state index contributed by atoms with van der Waals surface area (Å²) in [7, 11) is 1.61. The average molecular weight is 280 g/mol. The monoisotopic (exact) mass is 279 g/mol. The van der Waals surface area contributed by atoms with Crippen molar-refractivity contribution in [3.05, 3.63) is 22.5 Å². The summed E-state index contributed by atoms with van der Waals surface area (Å²) in [5.74, 6) is 0. The van der Waals surface area contributed by atoms with E-state index in [1.807, 2.05) is 12.3 Å². The van der Waals surface area contributed by atoms with Gasteiger partial charge in [0, 0.05) is 16.1 Å². The molecule has 0 fully saturated rings. The summed E-state index contributed by atoms with van der Waals surface area (Å²) in [6, 6.07) is 3.21. The first kappa shape index (κ1) is 11.1. The van der Waals surface area contributed by atoms with Crippen LogP contribution in [0.1, 0.15) is 5.01 Å². The van der Waals surface area contributed by atoms with Crippen LogP contribution in [0.5, 0.6) is 0 Å². The van der Waals surface area contributed by atoms with Crippen molar-refractivity contribution in [2.75, 3.05) is 0 Å². The summed E-state index contributed by atoms with van der Waals surface area (Å²) < 4.78 is 22.2. The molecule has 3 nitrogen and oxygen atoms in total. The predicted molar refractivity (Wildman–Crippen MR) is 63.2 cm³/mol. The molecule has 0 saturated carbocycles. The summed E-state index contributed by atoms with van der Waals surface area (Å²) in [6.07, 6.45) is 0. The molecule has 80 valence electrons. The highest BCUT2D eigenvalue weighted by Crippen LogP contribution is 2.32. The van der Waals surface area contributed by atoms with Crippen LogP contribution in [-0.2, 0) is 9.05 Å². The largest absolute Gasteiger partial charge is 0.270 e. The van der Waals surface area contributed by atoms with Crippen molar-refractivity contribution in [1.29, 1.82) is 0 Å². The van der Waals surface area contributed by atoms with Crippen LogP contribution in [-0.4, -0.2) is 13.4 Å². The smallest absolute Gasteiger partial charge is 0.241 e. The second kappa shape index (κ2) is 3.86. The maximum Gasteiger partial charge on any atom is 0.270 e. The molecule has 0 radical (unpaired) electrons. The molecule has 0 amide bonds. The van der Waals surface area contributed by atoms with Gasteiger partial charge >= 0.3 is 0 Å². The first-order valence-electron chi connectivity index (χ1n) is 3.94. The van der Waals surface area contributed by atoms with Crippen molar-refractivity contribution in [1.82, 2.24) is 4.98 Å². The van der Waals surface area contributed by atoms with E-state index < -0.39 is 9.05 Å².